The number of amides is 1. The highest BCUT2D eigenvalue weighted by molar-refractivity contribution is 7.89. The van der Waals surface area contributed by atoms with Crippen LogP contribution in [0, 0.1) is 0 Å². The van der Waals surface area contributed by atoms with Crippen LogP contribution >= 0.6 is 11.6 Å². The molecule has 0 spiro atoms. The molecule has 2 rings (SSSR count). The van der Waals surface area contributed by atoms with Gasteiger partial charge in [-0.1, -0.05) is 11.6 Å². The van der Waals surface area contributed by atoms with Gasteiger partial charge in [-0.3, -0.25) is 4.79 Å². The number of carbonyl (C=O) groups is 1. The molecule has 7 nitrogen and oxygen atoms in total. The number of anilines is 1. The average Bonchev–Trinajstić information content (AvgIpc) is 2.55. The zero-order valence-electron chi connectivity index (χ0n) is 13.7. The molecule has 0 saturated carbocycles. The molecule has 1 atom stereocenters. The number of halogens is 1. The summed E-state index contributed by atoms with van der Waals surface area (Å²) in [6.45, 7) is 1.97. The van der Waals surface area contributed by atoms with Crippen LogP contribution in [0.15, 0.2) is 47.5 Å². The van der Waals surface area contributed by atoms with Gasteiger partial charge >= 0.3 is 0 Å². The Balaban J connectivity index is 2.06. The molecule has 0 aliphatic heterocycles. The van der Waals surface area contributed by atoms with Crippen LogP contribution in [0.1, 0.15) is 17.3 Å². The van der Waals surface area contributed by atoms with E-state index in [2.05, 4.69) is 15.0 Å². The highest BCUT2D eigenvalue weighted by atomic mass is 35.5. The van der Waals surface area contributed by atoms with Gasteiger partial charge in [-0.05, 0) is 43.3 Å². The van der Waals surface area contributed by atoms with Gasteiger partial charge in [0.1, 0.15) is 5.15 Å². The maximum absolute atomic E-state index is 12.2. The molecule has 0 saturated heterocycles. The van der Waals surface area contributed by atoms with Crippen molar-refractivity contribution < 1.29 is 17.9 Å². The monoisotopic (exact) mass is 383 g/mol. The van der Waals surface area contributed by atoms with Crippen molar-refractivity contribution in [3.63, 3.8) is 0 Å². The molecule has 0 bridgehead atoms. The third-order valence-corrected chi connectivity index (χ3v) is 5.01. The highest BCUT2D eigenvalue weighted by Crippen LogP contribution is 2.15. The summed E-state index contributed by atoms with van der Waals surface area (Å²) < 4.78 is 31.9. The molecule has 1 aromatic carbocycles. The van der Waals surface area contributed by atoms with Crippen molar-refractivity contribution in [2.75, 3.05) is 19.0 Å². The van der Waals surface area contributed by atoms with Crippen LogP contribution in [0.2, 0.25) is 5.15 Å². The first-order valence-electron chi connectivity index (χ1n) is 7.36. The fraction of sp³-hybridized carbons (Fsp3) is 0.250. The summed E-state index contributed by atoms with van der Waals surface area (Å²) in [4.78, 5) is 16.0. The van der Waals surface area contributed by atoms with Gasteiger partial charge in [-0.15, -0.1) is 0 Å². The SMILES string of the molecule is COCC(C)NS(=O)(=O)c1ccc(NC(=O)c2ccc(Cl)nc2)cc1. The second-order valence-corrected chi connectivity index (χ2v) is 7.43. The van der Waals surface area contributed by atoms with Crippen LogP contribution in [-0.2, 0) is 14.8 Å². The van der Waals surface area contributed by atoms with Crippen molar-refractivity contribution in [2.24, 2.45) is 0 Å². The molecular weight excluding hydrogens is 366 g/mol. The van der Waals surface area contributed by atoms with Gasteiger partial charge in [0, 0.05) is 25.0 Å². The normalized spacial score (nSPS) is 12.6. The van der Waals surface area contributed by atoms with Gasteiger partial charge in [0.15, 0.2) is 0 Å². The fourth-order valence-corrected chi connectivity index (χ4v) is 3.39. The van der Waals surface area contributed by atoms with E-state index >= 15 is 0 Å². The highest BCUT2D eigenvalue weighted by Gasteiger charge is 2.17. The summed E-state index contributed by atoms with van der Waals surface area (Å²) in [6.07, 6.45) is 1.36. The van der Waals surface area contributed by atoms with Crippen LogP contribution in [0.25, 0.3) is 0 Å². The molecule has 0 aliphatic rings. The van der Waals surface area contributed by atoms with Crippen molar-refractivity contribution in [3.05, 3.63) is 53.3 Å². The predicted molar refractivity (Wildman–Crippen MR) is 95.3 cm³/mol. The Bertz CT molecular complexity index is 823. The smallest absolute Gasteiger partial charge is 0.257 e. The molecule has 2 N–H and O–H groups in total. The molecule has 2 aromatic rings. The Labute approximate surface area is 151 Å². The van der Waals surface area contributed by atoms with E-state index in [1.807, 2.05) is 0 Å². The Kier molecular flexibility index (Phi) is 6.49. The van der Waals surface area contributed by atoms with E-state index in [4.69, 9.17) is 16.3 Å². The maximum atomic E-state index is 12.2. The van der Waals surface area contributed by atoms with E-state index < -0.39 is 10.0 Å². The minimum Gasteiger partial charge on any atom is -0.383 e. The minimum absolute atomic E-state index is 0.0987. The maximum Gasteiger partial charge on any atom is 0.257 e. The zero-order chi connectivity index (χ0) is 18.4. The summed E-state index contributed by atoms with van der Waals surface area (Å²) in [5, 5.41) is 2.95. The molecule has 0 radical (unpaired) electrons. The molecule has 1 amide bonds. The number of rotatable bonds is 7. The van der Waals surface area contributed by atoms with Gasteiger partial charge in [0.25, 0.3) is 5.91 Å². The third-order valence-electron chi connectivity index (χ3n) is 3.19. The summed E-state index contributed by atoms with van der Waals surface area (Å²) in [5.41, 5.74) is 0.806. The van der Waals surface area contributed by atoms with Gasteiger partial charge in [-0.2, -0.15) is 0 Å². The van der Waals surface area contributed by atoms with E-state index in [1.54, 1.807) is 13.0 Å². The molecule has 1 aromatic heterocycles. The van der Waals surface area contributed by atoms with Crippen molar-refractivity contribution in [2.45, 2.75) is 17.9 Å². The first-order chi connectivity index (χ1) is 11.8. The van der Waals surface area contributed by atoms with E-state index in [-0.39, 0.29) is 23.5 Å². The summed E-state index contributed by atoms with van der Waals surface area (Å²) in [6, 6.07) is 8.55. The summed E-state index contributed by atoms with van der Waals surface area (Å²) >= 11 is 5.68. The number of hydrogen-bond donors (Lipinski definition) is 2. The van der Waals surface area contributed by atoms with Crippen molar-refractivity contribution >= 4 is 33.2 Å². The lowest BCUT2D eigenvalue weighted by Crippen LogP contribution is -2.35. The van der Waals surface area contributed by atoms with Crippen LogP contribution in [0.3, 0.4) is 0 Å². The van der Waals surface area contributed by atoms with Gasteiger partial charge < -0.3 is 10.1 Å². The number of sulfonamides is 1. The fourth-order valence-electron chi connectivity index (χ4n) is 2.05. The first kappa shape index (κ1) is 19.3. The summed E-state index contributed by atoms with van der Waals surface area (Å²) in [5.74, 6) is -0.369. The number of nitrogens with one attached hydrogen (secondary N) is 2. The van der Waals surface area contributed by atoms with Gasteiger partial charge in [0.2, 0.25) is 10.0 Å². The first-order valence-corrected chi connectivity index (χ1v) is 9.22. The Morgan fingerprint density at radius 3 is 2.48 bits per heavy atom. The molecule has 0 aliphatic carbocycles. The molecule has 0 fully saturated rings. The predicted octanol–water partition coefficient (Wildman–Crippen LogP) is 2.30. The van der Waals surface area contributed by atoms with Crippen molar-refractivity contribution in [3.8, 4) is 0 Å². The third kappa shape index (κ3) is 5.50. The number of ether oxygens (including phenoxy) is 1. The standard InChI is InChI=1S/C16H18ClN3O4S/c1-11(10-24-2)20-25(22,23)14-6-4-13(5-7-14)19-16(21)12-3-8-15(17)18-9-12/h3-9,11,20H,10H2,1-2H3,(H,19,21). The number of benzene rings is 1. The van der Waals surface area contributed by atoms with E-state index in [0.29, 0.717) is 16.4 Å². The number of carbonyl (C=O) groups excluding carboxylic acids is 1. The number of pyridine rings is 1. The van der Waals surface area contributed by atoms with Crippen LogP contribution in [0.5, 0.6) is 0 Å². The Hall–Kier alpha value is -2.00. The van der Waals surface area contributed by atoms with Crippen molar-refractivity contribution in [1.29, 1.82) is 0 Å². The van der Waals surface area contributed by atoms with E-state index in [1.165, 1.54) is 43.6 Å². The number of hydrogen-bond acceptors (Lipinski definition) is 5. The number of aromatic nitrogens is 1. The Morgan fingerprint density at radius 1 is 1.24 bits per heavy atom. The Morgan fingerprint density at radius 2 is 1.92 bits per heavy atom. The molecule has 1 heterocycles. The number of methoxy groups -OCH3 is 1. The quantitative estimate of drug-likeness (QED) is 0.715. The largest absolute Gasteiger partial charge is 0.383 e. The van der Waals surface area contributed by atoms with Gasteiger partial charge in [0.05, 0.1) is 17.1 Å². The average molecular weight is 384 g/mol. The van der Waals surface area contributed by atoms with Gasteiger partial charge in [-0.25, -0.2) is 18.1 Å². The molecule has 9 heteroatoms. The topological polar surface area (TPSA) is 97.4 Å². The van der Waals surface area contributed by atoms with Crippen LogP contribution < -0.4 is 10.0 Å². The lowest BCUT2D eigenvalue weighted by atomic mass is 10.2. The minimum atomic E-state index is -3.65. The second-order valence-electron chi connectivity index (χ2n) is 5.33. The zero-order valence-corrected chi connectivity index (χ0v) is 15.3. The summed E-state index contributed by atoms with van der Waals surface area (Å²) in [7, 11) is -2.15. The lowest BCUT2D eigenvalue weighted by Gasteiger charge is -2.13. The van der Waals surface area contributed by atoms with Crippen LogP contribution in [0.4, 0.5) is 5.69 Å². The molecule has 25 heavy (non-hydrogen) atoms. The van der Waals surface area contributed by atoms with E-state index in [0.717, 1.165) is 0 Å². The molecule has 134 valence electrons. The number of nitrogens with zero attached hydrogens (tertiary/aromatic N) is 1. The van der Waals surface area contributed by atoms with Crippen molar-refractivity contribution in [1.82, 2.24) is 9.71 Å². The van der Waals surface area contributed by atoms with Crippen LogP contribution in [-0.4, -0.2) is 39.1 Å². The lowest BCUT2D eigenvalue weighted by molar-refractivity contribution is 0.102. The second kappa shape index (κ2) is 8.39. The molecule has 1 unspecified atom stereocenters. The van der Waals surface area contributed by atoms with E-state index in [9.17, 15) is 13.2 Å². The molecular formula is C16H18ClN3O4S.